The van der Waals surface area contributed by atoms with Gasteiger partial charge >= 0.3 is 0 Å². The van der Waals surface area contributed by atoms with E-state index in [-0.39, 0.29) is 22.5 Å². The lowest BCUT2D eigenvalue weighted by molar-refractivity contribution is -0.0110. The van der Waals surface area contributed by atoms with Crippen molar-refractivity contribution in [1.82, 2.24) is 0 Å². The van der Waals surface area contributed by atoms with Crippen molar-refractivity contribution in [3.05, 3.63) is 23.3 Å². The molecule has 29 heavy (non-hydrogen) atoms. The molecule has 0 aromatic heterocycles. The van der Waals surface area contributed by atoms with Gasteiger partial charge in [0, 0.05) is 5.92 Å². The summed E-state index contributed by atoms with van der Waals surface area (Å²) in [5, 5.41) is 10.5. The lowest BCUT2D eigenvalue weighted by Gasteiger charge is -2.51. The fourth-order valence-corrected chi connectivity index (χ4v) is 6.25. The number of fused-ring (bicyclic) bond motifs is 2. The van der Waals surface area contributed by atoms with E-state index in [1.165, 1.54) is 17.6 Å². The van der Waals surface area contributed by atoms with Crippen molar-refractivity contribution in [3.8, 4) is 6.07 Å². The first-order chi connectivity index (χ1) is 13.3. The highest BCUT2D eigenvalue weighted by atomic mass is 28.4. The van der Waals surface area contributed by atoms with Crippen LogP contribution in [0, 0.1) is 34.5 Å². The van der Waals surface area contributed by atoms with Gasteiger partial charge in [-0.1, -0.05) is 57.9 Å². The van der Waals surface area contributed by atoms with Crippen molar-refractivity contribution in [2.24, 2.45) is 23.2 Å². The average molecular weight is 416 g/mol. The number of allylic oxidation sites excluding steroid dienone is 3. The van der Waals surface area contributed by atoms with Gasteiger partial charge in [-0.3, -0.25) is 0 Å². The van der Waals surface area contributed by atoms with Gasteiger partial charge < -0.3 is 4.43 Å². The Morgan fingerprint density at radius 2 is 1.79 bits per heavy atom. The Balaban J connectivity index is 2.52. The summed E-state index contributed by atoms with van der Waals surface area (Å²) in [5.41, 5.74) is 2.96. The SMILES string of the molecule is C/C1=C\[C@@H](O[Si](C)(C)C(C)(C)C)[C@@H]2CC[C@@H](C)[C@@](C)(CC/C(C)=C/CC1)[C@@H]2C#N. The van der Waals surface area contributed by atoms with Crippen molar-refractivity contribution < 1.29 is 4.43 Å². The summed E-state index contributed by atoms with van der Waals surface area (Å²) in [6.07, 6.45) is 11.6. The molecule has 1 saturated carbocycles. The summed E-state index contributed by atoms with van der Waals surface area (Å²) in [6, 6.07) is 2.80. The second-order valence-electron chi connectivity index (χ2n) is 11.7. The summed E-state index contributed by atoms with van der Waals surface area (Å²) in [7, 11) is -1.93. The zero-order valence-corrected chi connectivity index (χ0v) is 21.6. The monoisotopic (exact) mass is 415 g/mol. The van der Waals surface area contributed by atoms with E-state index in [0.717, 1.165) is 32.1 Å². The highest BCUT2D eigenvalue weighted by Gasteiger charge is 2.50. The van der Waals surface area contributed by atoms with Crippen LogP contribution in [0.25, 0.3) is 0 Å². The number of hydrogen-bond acceptors (Lipinski definition) is 2. The van der Waals surface area contributed by atoms with E-state index >= 15 is 0 Å². The average Bonchev–Trinajstić information content (AvgIpc) is 2.59. The molecule has 0 unspecified atom stereocenters. The number of nitriles is 1. The summed E-state index contributed by atoms with van der Waals surface area (Å²) < 4.78 is 7.03. The molecule has 1 fully saturated rings. The van der Waals surface area contributed by atoms with E-state index in [1.54, 1.807) is 0 Å². The summed E-state index contributed by atoms with van der Waals surface area (Å²) in [4.78, 5) is 0. The van der Waals surface area contributed by atoms with Crippen molar-refractivity contribution >= 4 is 8.32 Å². The van der Waals surface area contributed by atoms with Gasteiger partial charge in [-0.05, 0) is 81.8 Å². The van der Waals surface area contributed by atoms with Crippen LogP contribution in [0.4, 0.5) is 0 Å². The number of rotatable bonds is 2. The minimum atomic E-state index is -1.93. The molecule has 2 bridgehead atoms. The maximum atomic E-state index is 10.4. The van der Waals surface area contributed by atoms with E-state index in [1.807, 2.05) is 0 Å². The van der Waals surface area contributed by atoms with Gasteiger partial charge in [0.05, 0.1) is 18.1 Å². The zero-order valence-electron chi connectivity index (χ0n) is 20.6. The Morgan fingerprint density at radius 3 is 2.38 bits per heavy atom. The molecule has 2 aliphatic carbocycles. The van der Waals surface area contributed by atoms with E-state index in [9.17, 15) is 5.26 Å². The molecule has 2 nitrogen and oxygen atoms in total. The Bertz CT molecular complexity index is 678. The minimum absolute atomic E-state index is 0.0531. The largest absolute Gasteiger partial charge is 0.410 e. The Hall–Kier alpha value is -0.853. The lowest BCUT2D eigenvalue weighted by Crippen LogP contribution is -2.50. The Kier molecular flexibility index (Phi) is 7.67. The minimum Gasteiger partial charge on any atom is -0.410 e. The normalized spacial score (nSPS) is 38.5. The molecule has 0 heterocycles. The van der Waals surface area contributed by atoms with E-state index in [4.69, 9.17) is 4.43 Å². The highest BCUT2D eigenvalue weighted by molar-refractivity contribution is 6.74. The van der Waals surface area contributed by atoms with Crippen LogP contribution < -0.4 is 0 Å². The molecule has 0 aromatic rings. The molecule has 0 N–H and O–H groups in total. The molecular formula is C26H45NOSi. The number of nitrogens with zero attached hydrogens (tertiary/aromatic N) is 1. The molecule has 0 radical (unpaired) electrons. The van der Waals surface area contributed by atoms with Crippen LogP contribution in [-0.4, -0.2) is 14.4 Å². The van der Waals surface area contributed by atoms with Crippen LogP contribution in [0.3, 0.4) is 0 Å². The maximum Gasteiger partial charge on any atom is 0.192 e. The molecule has 0 saturated heterocycles. The first-order valence-electron chi connectivity index (χ1n) is 11.7. The summed E-state index contributed by atoms with van der Waals surface area (Å²) in [6.45, 7) is 20.9. The van der Waals surface area contributed by atoms with Crippen LogP contribution in [0.5, 0.6) is 0 Å². The first-order valence-corrected chi connectivity index (χ1v) is 14.6. The van der Waals surface area contributed by atoms with Gasteiger partial charge in [0.15, 0.2) is 8.32 Å². The maximum absolute atomic E-state index is 10.4. The van der Waals surface area contributed by atoms with Gasteiger partial charge in [-0.2, -0.15) is 5.26 Å². The second-order valence-corrected chi connectivity index (χ2v) is 16.5. The lowest BCUT2D eigenvalue weighted by atomic mass is 9.55. The van der Waals surface area contributed by atoms with Gasteiger partial charge in [-0.25, -0.2) is 0 Å². The zero-order chi connectivity index (χ0) is 22.0. The van der Waals surface area contributed by atoms with E-state index in [2.05, 4.69) is 79.8 Å². The molecule has 2 rings (SSSR count). The molecule has 3 heteroatoms. The van der Waals surface area contributed by atoms with Crippen LogP contribution >= 0.6 is 0 Å². The third-order valence-corrected chi connectivity index (χ3v) is 13.0. The number of hydrogen-bond donors (Lipinski definition) is 0. The second kappa shape index (κ2) is 9.11. The first kappa shape index (κ1) is 24.4. The molecule has 2 aliphatic rings. The summed E-state index contributed by atoms with van der Waals surface area (Å²) >= 11 is 0. The molecule has 0 amide bonds. The molecule has 0 aliphatic heterocycles. The van der Waals surface area contributed by atoms with Gasteiger partial charge in [0.25, 0.3) is 0 Å². The molecule has 5 atom stereocenters. The van der Waals surface area contributed by atoms with Crippen molar-refractivity contribution in [3.63, 3.8) is 0 Å². The predicted molar refractivity (Wildman–Crippen MR) is 127 cm³/mol. The standard InChI is InChI=1S/C26H45NOSi/c1-19-11-10-12-20(2)17-24(28-29(8,9)25(4,5)6)22-14-13-21(3)26(7,16-15-19)23(22)18-27/h11,17,21-24H,10,12-16H2,1-9H3/b19-11+,20-17+/t21-,22-,23-,24-,26-/m1/s1. The predicted octanol–water partition coefficient (Wildman–Crippen LogP) is 8.04. The van der Waals surface area contributed by atoms with Gasteiger partial charge in [0.2, 0.25) is 0 Å². The molecule has 164 valence electrons. The Labute approximate surface area is 181 Å². The smallest absolute Gasteiger partial charge is 0.192 e. The van der Waals surface area contributed by atoms with Crippen molar-refractivity contribution in [2.45, 2.75) is 111 Å². The topological polar surface area (TPSA) is 33.0 Å². The van der Waals surface area contributed by atoms with Crippen LogP contribution in [0.2, 0.25) is 18.1 Å². The van der Waals surface area contributed by atoms with E-state index in [0.29, 0.717) is 11.8 Å². The van der Waals surface area contributed by atoms with Crippen LogP contribution in [0.15, 0.2) is 23.3 Å². The van der Waals surface area contributed by atoms with Crippen LogP contribution in [0.1, 0.15) is 87.0 Å². The third kappa shape index (κ3) is 5.45. The Morgan fingerprint density at radius 1 is 1.14 bits per heavy atom. The van der Waals surface area contributed by atoms with E-state index < -0.39 is 8.32 Å². The summed E-state index contributed by atoms with van der Waals surface area (Å²) in [5.74, 6) is 0.934. The quantitative estimate of drug-likeness (QED) is 0.338. The van der Waals surface area contributed by atoms with Gasteiger partial charge in [0.1, 0.15) is 0 Å². The molecule has 0 spiro atoms. The highest BCUT2D eigenvalue weighted by Crippen LogP contribution is 2.53. The molecular weight excluding hydrogens is 370 g/mol. The van der Waals surface area contributed by atoms with Gasteiger partial charge in [-0.15, -0.1) is 0 Å². The van der Waals surface area contributed by atoms with Crippen LogP contribution in [-0.2, 0) is 4.43 Å². The third-order valence-electron chi connectivity index (χ3n) is 8.53. The van der Waals surface area contributed by atoms with Crippen molar-refractivity contribution in [2.75, 3.05) is 0 Å². The van der Waals surface area contributed by atoms with Crippen molar-refractivity contribution in [1.29, 1.82) is 5.26 Å². The fourth-order valence-electron chi connectivity index (χ4n) is 4.97. The fraction of sp³-hybridized carbons (Fsp3) is 0.808. The molecule has 0 aromatic carbocycles.